The Hall–Kier alpha value is -3.36. The van der Waals surface area contributed by atoms with Crippen LogP contribution in [0.15, 0.2) is 81.1 Å². The Morgan fingerprint density at radius 1 is 1.13 bits per heavy atom. The van der Waals surface area contributed by atoms with Gasteiger partial charge in [0.15, 0.2) is 0 Å². The summed E-state index contributed by atoms with van der Waals surface area (Å²) in [6, 6.07) is 17.5. The molecule has 156 valence electrons. The Labute approximate surface area is 187 Å². The van der Waals surface area contributed by atoms with Crippen molar-refractivity contribution >= 4 is 35.0 Å². The first-order chi connectivity index (χ1) is 15.0. The second-order valence-electron chi connectivity index (χ2n) is 6.59. The van der Waals surface area contributed by atoms with Gasteiger partial charge in [0.05, 0.1) is 5.56 Å². The highest BCUT2D eigenvalue weighted by molar-refractivity contribution is 7.98. The molecule has 2 aromatic heterocycles. The van der Waals surface area contributed by atoms with Crippen LogP contribution in [0.4, 0.5) is 5.69 Å². The summed E-state index contributed by atoms with van der Waals surface area (Å²) in [6.45, 7) is -0.144. The number of carbonyl (C=O) groups is 1. The first kappa shape index (κ1) is 20.9. The van der Waals surface area contributed by atoms with Crippen molar-refractivity contribution < 1.29 is 9.32 Å². The van der Waals surface area contributed by atoms with Crippen LogP contribution >= 0.6 is 23.4 Å². The molecule has 0 bridgehead atoms. The van der Waals surface area contributed by atoms with E-state index in [4.69, 9.17) is 16.1 Å². The number of nitrogens with one attached hydrogen (secondary N) is 1. The van der Waals surface area contributed by atoms with Gasteiger partial charge in [-0.25, -0.2) is 0 Å². The molecule has 2 heterocycles. The Morgan fingerprint density at radius 2 is 1.90 bits per heavy atom. The Balaban J connectivity index is 1.52. The van der Waals surface area contributed by atoms with Gasteiger partial charge >= 0.3 is 0 Å². The molecule has 0 aliphatic rings. The van der Waals surface area contributed by atoms with Gasteiger partial charge in [-0.05, 0) is 54.8 Å². The molecule has 0 spiro atoms. The molecule has 0 atom stereocenters. The molecule has 1 amide bonds. The lowest BCUT2D eigenvalue weighted by atomic mass is 10.2. The van der Waals surface area contributed by atoms with Crippen molar-refractivity contribution in [2.24, 2.45) is 0 Å². The first-order valence-electron chi connectivity index (χ1n) is 9.26. The quantitative estimate of drug-likeness (QED) is 0.431. The van der Waals surface area contributed by atoms with Crippen molar-refractivity contribution in [1.29, 1.82) is 0 Å². The van der Waals surface area contributed by atoms with Gasteiger partial charge in [0, 0.05) is 33.4 Å². The fourth-order valence-corrected chi connectivity index (χ4v) is 3.48. The molecule has 9 heteroatoms. The SMILES string of the molecule is CSc1cccc(NC(=O)Cn2cc(-c3nc(-c4ccc(Cl)cc4)no3)ccc2=O)c1. The summed E-state index contributed by atoms with van der Waals surface area (Å²) in [6.07, 6.45) is 3.49. The van der Waals surface area contributed by atoms with Crippen molar-refractivity contribution in [1.82, 2.24) is 14.7 Å². The number of pyridine rings is 1. The fourth-order valence-electron chi connectivity index (χ4n) is 2.89. The van der Waals surface area contributed by atoms with Gasteiger partial charge in [-0.1, -0.05) is 22.8 Å². The van der Waals surface area contributed by atoms with Gasteiger partial charge in [0.25, 0.3) is 11.4 Å². The summed E-state index contributed by atoms with van der Waals surface area (Å²) in [5.41, 5.74) is 1.64. The van der Waals surface area contributed by atoms with E-state index in [2.05, 4.69) is 15.5 Å². The first-order valence-corrected chi connectivity index (χ1v) is 10.9. The van der Waals surface area contributed by atoms with Crippen LogP contribution in [0, 0.1) is 0 Å². The molecule has 7 nitrogen and oxygen atoms in total. The molecule has 2 aromatic carbocycles. The van der Waals surface area contributed by atoms with E-state index >= 15 is 0 Å². The van der Waals surface area contributed by atoms with Crippen molar-refractivity contribution in [2.45, 2.75) is 11.4 Å². The minimum Gasteiger partial charge on any atom is -0.334 e. The second kappa shape index (κ2) is 9.20. The molecule has 0 unspecified atom stereocenters. The number of hydrogen-bond donors (Lipinski definition) is 1. The monoisotopic (exact) mass is 452 g/mol. The van der Waals surface area contributed by atoms with Crippen LogP contribution in [-0.4, -0.2) is 26.9 Å². The molecule has 1 N–H and O–H groups in total. The number of halogens is 1. The van der Waals surface area contributed by atoms with Gasteiger partial charge in [0.1, 0.15) is 6.54 Å². The zero-order valence-corrected chi connectivity index (χ0v) is 18.0. The highest BCUT2D eigenvalue weighted by Gasteiger charge is 2.13. The van der Waals surface area contributed by atoms with Crippen molar-refractivity contribution in [3.63, 3.8) is 0 Å². The number of nitrogens with zero attached hydrogens (tertiary/aromatic N) is 3. The lowest BCUT2D eigenvalue weighted by Crippen LogP contribution is -2.26. The average Bonchev–Trinajstić information content (AvgIpc) is 3.26. The fraction of sp³-hybridized carbons (Fsp3) is 0.0909. The smallest absolute Gasteiger partial charge is 0.259 e. The largest absolute Gasteiger partial charge is 0.334 e. The standard InChI is InChI=1S/C22H17ClN4O3S/c1-31-18-4-2-3-17(11-18)24-19(28)13-27-12-15(7-10-20(27)29)22-25-21(26-30-22)14-5-8-16(23)9-6-14/h2-12H,13H2,1H3,(H,24,28). The van der Waals surface area contributed by atoms with Crippen LogP contribution < -0.4 is 10.9 Å². The molecule has 0 fully saturated rings. The van der Waals surface area contributed by atoms with E-state index in [1.54, 1.807) is 48.2 Å². The third kappa shape index (κ3) is 5.04. The van der Waals surface area contributed by atoms with E-state index in [1.165, 1.54) is 16.8 Å². The predicted octanol–water partition coefficient (Wildman–Crippen LogP) is 4.58. The average molecular weight is 453 g/mol. The molecule has 4 rings (SSSR count). The number of amides is 1. The third-order valence-corrected chi connectivity index (χ3v) is 5.40. The predicted molar refractivity (Wildman–Crippen MR) is 121 cm³/mol. The molecular formula is C22H17ClN4O3S. The van der Waals surface area contributed by atoms with Gasteiger partial charge < -0.3 is 14.4 Å². The summed E-state index contributed by atoms with van der Waals surface area (Å²) < 4.78 is 6.64. The van der Waals surface area contributed by atoms with Crippen molar-refractivity contribution in [2.75, 3.05) is 11.6 Å². The van der Waals surface area contributed by atoms with Gasteiger partial charge in [0.2, 0.25) is 11.7 Å². The van der Waals surface area contributed by atoms with Gasteiger partial charge in [-0.3, -0.25) is 9.59 Å². The van der Waals surface area contributed by atoms with Crippen LogP contribution in [0.1, 0.15) is 0 Å². The normalized spacial score (nSPS) is 10.8. The summed E-state index contributed by atoms with van der Waals surface area (Å²) in [4.78, 5) is 30.1. The van der Waals surface area contributed by atoms with Gasteiger partial charge in [-0.15, -0.1) is 11.8 Å². The number of anilines is 1. The number of carbonyl (C=O) groups excluding carboxylic acids is 1. The zero-order valence-electron chi connectivity index (χ0n) is 16.4. The maximum atomic E-state index is 12.5. The summed E-state index contributed by atoms with van der Waals surface area (Å²) in [7, 11) is 0. The minimum absolute atomic E-state index is 0.144. The van der Waals surface area contributed by atoms with E-state index in [0.29, 0.717) is 22.1 Å². The Kier molecular flexibility index (Phi) is 6.20. The Morgan fingerprint density at radius 3 is 2.68 bits per heavy atom. The summed E-state index contributed by atoms with van der Waals surface area (Å²) in [5.74, 6) is 0.326. The van der Waals surface area contributed by atoms with Crippen molar-refractivity contribution in [3.05, 3.63) is 82.2 Å². The van der Waals surface area contributed by atoms with Crippen molar-refractivity contribution in [3.8, 4) is 22.8 Å². The Bertz CT molecular complexity index is 1280. The second-order valence-corrected chi connectivity index (χ2v) is 7.91. The minimum atomic E-state index is -0.315. The van der Waals surface area contributed by atoms with E-state index in [0.717, 1.165) is 10.5 Å². The molecule has 0 aliphatic carbocycles. The maximum absolute atomic E-state index is 12.5. The van der Waals surface area contributed by atoms with Crippen LogP contribution in [0.2, 0.25) is 5.02 Å². The zero-order chi connectivity index (χ0) is 21.8. The van der Waals surface area contributed by atoms with Crippen LogP contribution in [-0.2, 0) is 11.3 Å². The molecule has 0 radical (unpaired) electrons. The number of aromatic nitrogens is 3. The van der Waals surface area contributed by atoms with Crippen LogP contribution in [0.25, 0.3) is 22.8 Å². The highest BCUT2D eigenvalue weighted by Crippen LogP contribution is 2.23. The number of hydrogen-bond acceptors (Lipinski definition) is 6. The van der Waals surface area contributed by atoms with E-state index in [-0.39, 0.29) is 23.9 Å². The number of thioether (sulfide) groups is 1. The molecule has 0 aliphatic heterocycles. The van der Waals surface area contributed by atoms with Gasteiger partial charge in [-0.2, -0.15) is 4.98 Å². The number of benzene rings is 2. The van der Waals surface area contributed by atoms with Crippen LogP contribution in [0.5, 0.6) is 0 Å². The lowest BCUT2D eigenvalue weighted by Gasteiger charge is -2.09. The van der Waals surface area contributed by atoms with Crippen LogP contribution in [0.3, 0.4) is 0 Å². The topological polar surface area (TPSA) is 90.0 Å². The highest BCUT2D eigenvalue weighted by atomic mass is 35.5. The molecule has 0 saturated carbocycles. The summed E-state index contributed by atoms with van der Waals surface area (Å²) >= 11 is 7.49. The lowest BCUT2D eigenvalue weighted by molar-refractivity contribution is -0.116. The van der Waals surface area contributed by atoms with E-state index in [1.807, 2.05) is 24.5 Å². The number of rotatable bonds is 6. The maximum Gasteiger partial charge on any atom is 0.259 e. The summed E-state index contributed by atoms with van der Waals surface area (Å²) in [5, 5.41) is 7.40. The third-order valence-electron chi connectivity index (χ3n) is 4.43. The van der Waals surface area contributed by atoms with E-state index < -0.39 is 0 Å². The molecule has 0 saturated heterocycles. The molecular weight excluding hydrogens is 436 g/mol. The van der Waals surface area contributed by atoms with E-state index in [9.17, 15) is 9.59 Å². The molecule has 4 aromatic rings. The molecule has 31 heavy (non-hydrogen) atoms.